The van der Waals surface area contributed by atoms with Crippen LogP contribution < -0.4 is 10.5 Å². The summed E-state index contributed by atoms with van der Waals surface area (Å²) in [6, 6.07) is 13.2. The molecule has 29 heavy (non-hydrogen) atoms. The van der Waals surface area contributed by atoms with Crippen LogP contribution in [0.25, 0.3) is 21.2 Å². The molecule has 0 radical (unpaired) electrons. The van der Waals surface area contributed by atoms with Crippen LogP contribution in [0.15, 0.2) is 57.7 Å². The SMILES string of the molecule is CN(C)CCN(C(=O)c1cc2ccccc2oc1=O)c1nc2c(F)cccc2s1. The average molecular weight is 411 g/mol. The van der Waals surface area contributed by atoms with Crippen LogP contribution in [0.1, 0.15) is 10.4 Å². The molecular weight excluding hydrogens is 393 g/mol. The highest BCUT2D eigenvalue weighted by Gasteiger charge is 2.25. The molecule has 2 aromatic heterocycles. The second-order valence-corrected chi connectivity index (χ2v) is 7.84. The Labute approximate surface area is 169 Å². The standard InChI is InChI=1S/C21H18FN3O3S/c1-24(2)10-11-25(21-23-18-15(22)7-5-9-17(18)29-21)19(26)14-12-13-6-3-4-8-16(13)28-20(14)27/h3-9,12H,10-11H2,1-2H3. The van der Waals surface area contributed by atoms with Gasteiger partial charge in [-0.15, -0.1) is 0 Å². The van der Waals surface area contributed by atoms with Gasteiger partial charge in [-0.1, -0.05) is 35.6 Å². The average Bonchev–Trinajstić information content (AvgIpc) is 3.12. The number of aromatic nitrogens is 1. The topological polar surface area (TPSA) is 66.7 Å². The normalized spacial score (nSPS) is 11.4. The van der Waals surface area contributed by atoms with E-state index in [2.05, 4.69) is 4.98 Å². The van der Waals surface area contributed by atoms with Gasteiger partial charge in [-0.2, -0.15) is 0 Å². The molecule has 0 N–H and O–H groups in total. The van der Waals surface area contributed by atoms with Gasteiger partial charge >= 0.3 is 5.63 Å². The minimum Gasteiger partial charge on any atom is -0.422 e. The van der Waals surface area contributed by atoms with E-state index in [1.54, 1.807) is 36.4 Å². The number of benzene rings is 2. The van der Waals surface area contributed by atoms with Gasteiger partial charge in [-0.25, -0.2) is 14.2 Å². The van der Waals surface area contributed by atoms with Crippen LogP contribution in [0.3, 0.4) is 0 Å². The number of carbonyl (C=O) groups excluding carboxylic acids is 1. The molecule has 0 atom stereocenters. The zero-order valence-electron chi connectivity index (χ0n) is 15.9. The van der Waals surface area contributed by atoms with Crippen LogP contribution in [0, 0.1) is 5.82 Å². The third-order valence-electron chi connectivity index (χ3n) is 4.48. The lowest BCUT2D eigenvalue weighted by Gasteiger charge is -2.21. The van der Waals surface area contributed by atoms with Crippen molar-refractivity contribution in [2.24, 2.45) is 0 Å². The van der Waals surface area contributed by atoms with E-state index in [4.69, 9.17) is 4.42 Å². The van der Waals surface area contributed by atoms with Crippen LogP contribution in [0.5, 0.6) is 0 Å². The molecule has 148 valence electrons. The van der Waals surface area contributed by atoms with E-state index in [1.807, 2.05) is 19.0 Å². The molecule has 2 heterocycles. The zero-order chi connectivity index (χ0) is 20.5. The van der Waals surface area contributed by atoms with E-state index in [-0.39, 0.29) is 11.1 Å². The van der Waals surface area contributed by atoms with E-state index in [0.29, 0.717) is 33.9 Å². The summed E-state index contributed by atoms with van der Waals surface area (Å²) in [5.41, 5.74) is -0.172. The van der Waals surface area contributed by atoms with Crippen molar-refractivity contribution in [2.45, 2.75) is 0 Å². The molecule has 0 saturated carbocycles. The Morgan fingerprint density at radius 2 is 1.93 bits per heavy atom. The number of nitrogens with zero attached hydrogens (tertiary/aromatic N) is 3. The maximum Gasteiger partial charge on any atom is 0.349 e. The number of fused-ring (bicyclic) bond motifs is 2. The monoisotopic (exact) mass is 411 g/mol. The van der Waals surface area contributed by atoms with Gasteiger partial charge in [0.1, 0.15) is 22.5 Å². The third-order valence-corrected chi connectivity index (χ3v) is 5.52. The van der Waals surface area contributed by atoms with Crippen molar-refractivity contribution in [3.8, 4) is 0 Å². The largest absolute Gasteiger partial charge is 0.422 e. The van der Waals surface area contributed by atoms with Gasteiger partial charge in [0.2, 0.25) is 0 Å². The molecule has 0 saturated heterocycles. The molecule has 0 spiro atoms. The fraction of sp³-hybridized carbons (Fsp3) is 0.190. The second-order valence-electron chi connectivity index (χ2n) is 6.83. The molecule has 0 aliphatic heterocycles. The molecule has 0 aliphatic carbocycles. The summed E-state index contributed by atoms with van der Waals surface area (Å²) in [5.74, 6) is -0.971. The van der Waals surface area contributed by atoms with Gasteiger partial charge in [0, 0.05) is 18.5 Å². The molecule has 0 bridgehead atoms. The van der Waals surface area contributed by atoms with Crippen LogP contribution in [0.4, 0.5) is 9.52 Å². The summed E-state index contributed by atoms with van der Waals surface area (Å²) in [6.45, 7) is 0.836. The molecule has 1 amide bonds. The predicted octanol–water partition coefficient (Wildman–Crippen LogP) is 3.75. The Balaban J connectivity index is 1.80. The summed E-state index contributed by atoms with van der Waals surface area (Å²) in [5, 5.41) is 0.989. The van der Waals surface area contributed by atoms with Crippen molar-refractivity contribution in [1.82, 2.24) is 9.88 Å². The smallest absolute Gasteiger partial charge is 0.349 e. The molecule has 6 nitrogen and oxygen atoms in total. The van der Waals surface area contributed by atoms with Crippen molar-refractivity contribution in [1.29, 1.82) is 0 Å². The highest BCUT2D eigenvalue weighted by atomic mass is 32.1. The van der Waals surface area contributed by atoms with Gasteiger partial charge in [0.25, 0.3) is 5.91 Å². The lowest BCUT2D eigenvalue weighted by Crippen LogP contribution is -2.38. The van der Waals surface area contributed by atoms with Crippen LogP contribution >= 0.6 is 11.3 Å². The lowest BCUT2D eigenvalue weighted by molar-refractivity contribution is 0.0982. The number of thiazole rings is 1. The summed E-state index contributed by atoms with van der Waals surface area (Å²) < 4.78 is 20.1. The summed E-state index contributed by atoms with van der Waals surface area (Å²) in [4.78, 5) is 33.4. The van der Waals surface area contributed by atoms with Gasteiger partial charge < -0.3 is 9.32 Å². The molecule has 4 rings (SSSR count). The van der Waals surface area contributed by atoms with Gasteiger partial charge in [-0.05, 0) is 38.4 Å². The van der Waals surface area contributed by atoms with Gasteiger partial charge in [0.15, 0.2) is 5.13 Å². The van der Waals surface area contributed by atoms with E-state index in [1.165, 1.54) is 28.4 Å². The van der Waals surface area contributed by atoms with E-state index in [0.717, 1.165) is 0 Å². The third kappa shape index (κ3) is 3.76. The van der Waals surface area contributed by atoms with Crippen LogP contribution in [0.2, 0.25) is 0 Å². The molecule has 0 aliphatic rings. The lowest BCUT2D eigenvalue weighted by atomic mass is 10.1. The second kappa shape index (κ2) is 7.73. The number of para-hydroxylation sites is 2. The number of hydrogen-bond donors (Lipinski definition) is 0. The number of halogens is 1. The predicted molar refractivity (Wildman–Crippen MR) is 112 cm³/mol. The van der Waals surface area contributed by atoms with Gasteiger partial charge in [0.05, 0.1) is 4.70 Å². The Morgan fingerprint density at radius 1 is 1.14 bits per heavy atom. The van der Waals surface area contributed by atoms with Crippen molar-refractivity contribution >= 4 is 43.6 Å². The van der Waals surface area contributed by atoms with Gasteiger partial charge in [-0.3, -0.25) is 9.69 Å². The number of amides is 1. The summed E-state index contributed by atoms with van der Waals surface area (Å²) >= 11 is 1.21. The quantitative estimate of drug-likeness (QED) is 0.468. The maximum absolute atomic E-state index is 14.1. The Hall–Kier alpha value is -3.10. The van der Waals surface area contributed by atoms with Crippen LogP contribution in [-0.2, 0) is 0 Å². The molecule has 0 fully saturated rings. The molecule has 0 unspecified atom stereocenters. The molecule has 4 aromatic rings. The molecule has 2 aromatic carbocycles. The minimum absolute atomic E-state index is 0.0813. The van der Waals surface area contributed by atoms with Crippen molar-refractivity contribution in [3.63, 3.8) is 0 Å². The van der Waals surface area contributed by atoms with Crippen molar-refractivity contribution < 1.29 is 13.6 Å². The van der Waals surface area contributed by atoms with E-state index < -0.39 is 17.3 Å². The van der Waals surface area contributed by atoms with Crippen molar-refractivity contribution in [2.75, 3.05) is 32.1 Å². The first-order valence-corrected chi connectivity index (χ1v) is 9.80. The van der Waals surface area contributed by atoms with Crippen molar-refractivity contribution in [3.05, 3.63) is 70.3 Å². The van der Waals surface area contributed by atoms with E-state index >= 15 is 0 Å². The first-order valence-electron chi connectivity index (χ1n) is 8.98. The highest BCUT2D eigenvalue weighted by Crippen LogP contribution is 2.31. The Bertz CT molecular complexity index is 1260. The first-order chi connectivity index (χ1) is 13.9. The first kappa shape index (κ1) is 19.2. The molecular formula is C21H18FN3O3S. The number of hydrogen-bond acceptors (Lipinski definition) is 6. The fourth-order valence-electron chi connectivity index (χ4n) is 2.96. The number of carbonyl (C=O) groups is 1. The van der Waals surface area contributed by atoms with E-state index in [9.17, 15) is 14.0 Å². The maximum atomic E-state index is 14.1. The fourth-order valence-corrected chi connectivity index (χ4v) is 3.96. The number of rotatable bonds is 5. The Kier molecular flexibility index (Phi) is 5.12. The number of likely N-dealkylation sites (N-methyl/N-ethyl adjacent to an activating group) is 1. The minimum atomic E-state index is -0.712. The summed E-state index contributed by atoms with van der Waals surface area (Å²) in [7, 11) is 3.76. The molecule has 8 heteroatoms. The highest BCUT2D eigenvalue weighted by molar-refractivity contribution is 7.22. The zero-order valence-corrected chi connectivity index (χ0v) is 16.7. The summed E-state index contributed by atoms with van der Waals surface area (Å²) in [6.07, 6.45) is 0. The van der Waals surface area contributed by atoms with Crippen LogP contribution in [-0.4, -0.2) is 43.0 Å². The number of anilines is 1. The Morgan fingerprint density at radius 3 is 2.69 bits per heavy atom.